The van der Waals surface area contributed by atoms with E-state index >= 15 is 0 Å². The molecule has 0 fully saturated rings. The summed E-state index contributed by atoms with van der Waals surface area (Å²) < 4.78 is 0. The minimum atomic E-state index is -0.341. The molecule has 4 N–H and O–H groups in total. The fourth-order valence-electron chi connectivity index (χ4n) is 2.01. The molecular formula is C13H19N5OS. The lowest BCUT2D eigenvalue weighted by atomic mass is 10.3. The van der Waals surface area contributed by atoms with Crippen LogP contribution in [0, 0.1) is 0 Å². The summed E-state index contributed by atoms with van der Waals surface area (Å²) in [6.07, 6.45) is 2.06. The number of aromatic nitrogens is 2. The van der Waals surface area contributed by atoms with E-state index in [9.17, 15) is 4.79 Å². The van der Waals surface area contributed by atoms with E-state index < -0.39 is 0 Å². The van der Waals surface area contributed by atoms with E-state index in [0.29, 0.717) is 18.2 Å². The summed E-state index contributed by atoms with van der Waals surface area (Å²) in [5, 5.41) is 2.83. The lowest BCUT2D eigenvalue weighted by Gasteiger charge is -2.19. The van der Waals surface area contributed by atoms with Crippen molar-refractivity contribution in [2.75, 3.05) is 18.8 Å². The number of hydrogen-bond acceptors (Lipinski definition) is 6. The molecule has 0 saturated carbocycles. The van der Waals surface area contributed by atoms with Gasteiger partial charge in [-0.1, -0.05) is 13.3 Å². The number of rotatable bonds is 7. The van der Waals surface area contributed by atoms with Gasteiger partial charge in [-0.25, -0.2) is 9.97 Å². The second-order valence-electron chi connectivity index (χ2n) is 4.70. The lowest BCUT2D eigenvalue weighted by molar-refractivity contribution is -0.119. The van der Waals surface area contributed by atoms with Crippen molar-refractivity contribution < 1.29 is 4.79 Å². The van der Waals surface area contributed by atoms with Gasteiger partial charge in [0.25, 0.3) is 0 Å². The number of hydrogen-bond donors (Lipinski definition) is 2. The van der Waals surface area contributed by atoms with Crippen LogP contribution < -0.4 is 11.5 Å². The Hall–Kier alpha value is -1.73. The molecule has 0 saturated heterocycles. The maximum Gasteiger partial charge on any atom is 0.231 e. The second kappa shape index (κ2) is 6.62. The van der Waals surface area contributed by atoms with Crippen LogP contribution in [-0.4, -0.2) is 33.9 Å². The molecule has 0 aliphatic rings. The minimum Gasteiger partial charge on any atom is -0.383 e. The largest absolute Gasteiger partial charge is 0.383 e. The zero-order chi connectivity index (χ0) is 14.5. The molecule has 2 aromatic rings. The molecule has 0 atom stereocenters. The Balaban J connectivity index is 2.16. The summed E-state index contributed by atoms with van der Waals surface area (Å²) in [6, 6.07) is 1.91. The Morgan fingerprint density at radius 2 is 2.25 bits per heavy atom. The molecule has 0 aliphatic heterocycles. The molecule has 20 heavy (non-hydrogen) atoms. The molecular weight excluding hydrogens is 274 g/mol. The van der Waals surface area contributed by atoms with Gasteiger partial charge in [0.1, 0.15) is 16.5 Å². The van der Waals surface area contributed by atoms with Crippen molar-refractivity contribution in [1.82, 2.24) is 14.9 Å². The van der Waals surface area contributed by atoms with Crippen molar-refractivity contribution in [1.29, 1.82) is 0 Å². The van der Waals surface area contributed by atoms with E-state index in [1.54, 1.807) is 0 Å². The smallest absolute Gasteiger partial charge is 0.231 e. The second-order valence-corrected chi connectivity index (χ2v) is 5.59. The van der Waals surface area contributed by atoms with Crippen LogP contribution in [0.15, 0.2) is 11.4 Å². The summed E-state index contributed by atoms with van der Waals surface area (Å²) >= 11 is 1.53. The standard InChI is InChI=1S/C13H19N5OS/c1-2-3-5-18(7-10(14)19)8-11-16-12(15)9-4-6-20-13(9)17-11/h4,6H,2-3,5,7-8H2,1H3,(H2,14,19)(H2,15,16,17). The van der Waals surface area contributed by atoms with Gasteiger partial charge in [0.05, 0.1) is 18.5 Å². The van der Waals surface area contributed by atoms with Crippen molar-refractivity contribution in [3.05, 3.63) is 17.3 Å². The molecule has 2 heterocycles. The number of primary amides is 1. The Morgan fingerprint density at radius 1 is 1.45 bits per heavy atom. The Kier molecular flexibility index (Phi) is 4.86. The van der Waals surface area contributed by atoms with Crippen molar-refractivity contribution >= 4 is 33.3 Å². The van der Waals surface area contributed by atoms with E-state index in [-0.39, 0.29) is 12.5 Å². The third kappa shape index (κ3) is 3.64. The van der Waals surface area contributed by atoms with Crippen LogP contribution >= 0.6 is 11.3 Å². The molecule has 6 nitrogen and oxygen atoms in total. The number of thiophene rings is 1. The van der Waals surface area contributed by atoms with Crippen molar-refractivity contribution in [3.63, 3.8) is 0 Å². The van der Waals surface area contributed by atoms with Gasteiger partial charge in [-0.05, 0) is 24.4 Å². The molecule has 7 heteroatoms. The fourth-order valence-corrected chi connectivity index (χ4v) is 2.80. The van der Waals surface area contributed by atoms with Crippen LogP contribution in [0.2, 0.25) is 0 Å². The van der Waals surface area contributed by atoms with E-state index in [2.05, 4.69) is 16.9 Å². The summed E-state index contributed by atoms with van der Waals surface area (Å²) in [7, 11) is 0. The molecule has 0 aromatic carbocycles. The van der Waals surface area contributed by atoms with Crippen LogP contribution in [0.5, 0.6) is 0 Å². The summed E-state index contributed by atoms with van der Waals surface area (Å²) in [6.45, 7) is 3.60. The maximum atomic E-state index is 11.1. The molecule has 2 aromatic heterocycles. The van der Waals surface area contributed by atoms with Gasteiger partial charge < -0.3 is 11.5 Å². The van der Waals surface area contributed by atoms with Gasteiger partial charge in [0.15, 0.2) is 0 Å². The third-order valence-corrected chi connectivity index (χ3v) is 3.78. The number of fused-ring (bicyclic) bond motifs is 1. The first-order valence-corrected chi connectivity index (χ1v) is 7.48. The number of nitrogens with zero attached hydrogens (tertiary/aromatic N) is 3. The quantitative estimate of drug-likeness (QED) is 0.803. The third-order valence-electron chi connectivity index (χ3n) is 2.97. The summed E-state index contributed by atoms with van der Waals surface area (Å²) in [4.78, 5) is 22.7. The topological polar surface area (TPSA) is 98.1 Å². The fraction of sp³-hybridized carbons (Fsp3) is 0.462. The summed E-state index contributed by atoms with van der Waals surface area (Å²) in [5.74, 6) is 0.779. The molecule has 0 bridgehead atoms. The zero-order valence-electron chi connectivity index (χ0n) is 11.5. The monoisotopic (exact) mass is 293 g/mol. The van der Waals surface area contributed by atoms with Crippen LogP contribution in [-0.2, 0) is 11.3 Å². The Bertz CT molecular complexity index is 597. The first-order chi connectivity index (χ1) is 9.60. The van der Waals surface area contributed by atoms with E-state index in [1.807, 2.05) is 16.3 Å². The van der Waals surface area contributed by atoms with Crippen LogP contribution in [0.3, 0.4) is 0 Å². The number of unbranched alkanes of at least 4 members (excludes halogenated alkanes) is 1. The molecule has 2 rings (SSSR count). The van der Waals surface area contributed by atoms with Gasteiger partial charge in [-0.2, -0.15) is 0 Å². The lowest BCUT2D eigenvalue weighted by Crippen LogP contribution is -2.34. The highest BCUT2D eigenvalue weighted by atomic mass is 32.1. The highest BCUT2D eigenvalue weighted by Crippen LogP contribution is 2.23. The van der Waals surface area contributed by atoms with Crippen molar-refractivity contribution in [2.45, 2.75) is 26.3 Å². The molecule has 0 unspecified atom stereocenters. The van der Waals surface area contributed by atoms with Gasteiger partial charge in [0, 0.05) is 0 Å². The van der Waals surface area contributed by atoms with Crippen molar-refractivity contribution in [2.24, 2.45) is 5.73 Å². The van der Waals surface area contributed by atoms with E-state index in [0.717, 1.165) is 29.6 Å². The Morgan fingerprint density at radius 3 is 2.95 bits per heavy atom. The summed E-state index contributed by atoms with van der Waals surface area (Å²) in [5.41, 5.74) is 11.2. The predicted octanol–water partition coefficient (Wildman–Crippen LogP) is 1.36. The van der Waals surface area contributed by atoms with Crippen LogP contribution in [0.1, 0.15) is 25.6 Å². The molecule has 1 amide bonds. The van der Waals surface area contributed by atoms with Gasteiger partial charge in [-0.3, -0.25) is 9.69 Å². The number of anilines is 1. The van der Waals surface area contributed by atoms with Crippen LogP contribution in [0.25, 0.3) is 10.2 Å². The maximum absolute atomic E-state index is 11.1. The molecule has 0 aliphatic carbocycles. The number of carbonyl (C=O) groups excluding carboxylic acids is 1. The number of amides is 1. The predicted molar refractivity (Wildman–Crippen MR) is 81.2 cm³/mol. The number of carbonyl (C=O) groups is 1. The van der Waals surface area contributed by atoms with E-state index in [4.69, 9.17) is 11.5 Å². The molecule has 108 valence electrons. The van der Waals surface area contributed by atoms with Crippen molar-refractivity contribution in [3.8, 4) is 0 Å². The van der Waals surface area contributed by atoms with E-state index in [1.165, 1.54) is 11.3 Å². The zero-order valence-corrected chi connectivity index (χ0v) is 12.3. The van der Waals surface area contributed by atoms with Crippen LogP contribution in [0.4, 0.5) is 5.82 Å². The first kappa shape index (κ1) is 14.7. The molecule has 0 spiro atoms. The molecule has 0 radical (unpaired) electrons. The van der Waals surface area contributed by atoms with Gasteiger partial charge in [0.2, 0.25) is 5.91 Å². The SMILES string of the molecule is CCCCN(CC(N)=O)Cc1nc(N)c2ccsc2n1. The number of nitrogen functional groups attached to an aromatic ring is 1. The van der Waals surface area contributed by atoms with Gasteiger partial charge in [-0.15, -0.1) is 11.3 Å². The normalized spacial score (nSPS) is 11.3. The highest BCUT2D eigenvalue weighted by molar-refractivity contribution is 7.16. The average Bonchev–Trinajstić information content (AvgIpc) is 2.84. The first-order valence-electron chi connectivity index (χ1n) is 6.60. The Labute approximate surface area is 121 Å². The average molecular weight is 293 g/mol. The highest BCUT2D eigenvalue weighted by Gasteiger charge is 2.12. The number of nitrogens with two attached hydrogens (primary N) is 2. The van der Waals surface area contributed by atoms with Gasteiger partial charge >= 0.3 is 0 Å². The minimum absolute atomic E-state index is 0.214.